The zero-order valence-electron chi connectivity index (χ0n) is 18.3. The highest BCUT2D eigenvalue weighted by Crippen LogP contribution is 2.34. The molecule has 5 rings (SSSR count). The van der Waals surface area contributed by atoms with Crippen LogP contribution < -0.4 is 5.32 Å². The smallest absolute Gasteiger partial charge is 0.259 e. The zero-order valence-corrected chi connectivity index (χ0v) is 19.1. The van der Waals surface area contributed by atoms with Crippen LogP contribution in [-0.2, 0) is 24.1 Å². The van der Waals surface area contributed by atoms with E-state index in [4.69, 9.17) is 9.47 Å². The molecule has 1 saturated heterocycles. The Morgan fingerprint density at radius 2 is 1.85 bits per heavy atom. The monoisotopic (exact) mass is 484 g/mol. The number of aromatic nitrogens is 5. The van der Waals surface area contributed by atoms with Gasteiger partial charge in [-0.25, -0.2) is 13.4 Å². The van der Waals surface area contributed by atoms with E-state index in [9.17, 15) is 13.2 Å². The number of carbonyl (C=O) groups excluding carboxylic acids is 1. The van der Waals surface area contributed by atoms with Crippen LogP contribution in [0, 0.1) is 0 Å². The molecule has 1 amide bonds. The number of rotatable bonds is 8. The lowest BCUT2D eigenvalue weighted by molar-refractivity contribution is -0.136. The van der Waals surface area contributed by atoms with Gasteiger partial charge in [0.05, 0.1) is 16.2 Å². The molecule has 2 N–H and O–H groups in total. The minimum absolute atomic E-state index is 0.145. The standard InChI is InChI=1S/C22H24N6O5S/c29-22(24-19-8-3-15(13-23-19)21-25-27-28-26-21)20(33-16-9-11-32-12-10-16)14-1-4-17(5-2-14)34(30,31)18-6-7-18/h1-5,8,13,16,18,20H,6-7,9-12H2,(H,23,24,29)(H,25,26,27,28). The first-order valence-electron chi connectivity index (χ1n) is 11.1. The number of pyridine rings is 1. The van der Waals surface area contributed by atoms with Crippen LogP contribution in [0.4, 0.5) is 5.82 Å². The molecule has 1 saturated carbocycles. The second kappa shape index (κ2) is 9.57. The van der Waals surface area contributed by atoms with Crippen molar-refractivity contribution < 1.29 is 22.7 Å². The van der Waals surface area contributed by atoms with Crippen LogP contribution in [-0.4, -0.2) is 64.5 Å². The van der Waals surface area contributed by atoms with Crippen molar-refractivity contribution >= 4 is 21.6 Å². The zero-order chi connectivity index (χ0) is 23.5. The third kappa shape index (κ3) is 4.98. The number of nitrogens with zero attached hydrogens (tertiary/aromatic N) is 4. The largest absolute Gasteiger partial charge is 0.381 e. The average Bonchev–Trinajstić information content (AvgIpc) is 3.59. The second-order valence-corrected chi connectivity index (χ2v) is 10.5. The van der Waals surface area contributed by atoms with Crippen molar-refractivity contribution in [2.24, 2.45) is 0 Å². The fourth-order valence-corrected chi connectivity index (χ4v) is 5.43. The molecule has 3 aromatic rings. The van der Waals surface area contributed by atoms with Crippen molar-refractivity contribution in [1.82, 2.24) is 25.6 Å². The van der Waals surface area contributed by atoms with Crippen molar-refractivity contribution in [3.05, 3.63) is 48.2 Å². The molecule has 2 aromatic heterocycles. The third-order valence-corrected chi connectivity index (χ3v) is 8.11. The number of amides is 1. The minimum atomic E-state index is -3.31. The SMILES string of the molecule is O=C(Nc1ccc(-c2nn[nH]n2)cn1)C(OC1CCOCC1)c1ccc(S(=O)(=O)C2CC2)cc1. The molecule has 11 nitrogen and oxygen atoms in total. The van der Waals surface area contributed by atoms with Crippen molar-refractivity contribution in [3.8, 4) is 11.4 Å². The van der Waals surface area contributed by atoms with E-state index in [0.717, 1.165) is 0 Å². The minimum Gasteiger partial charge on any atom is -0.381 e. The molecular weight excluding hydrogens is 460 g/mol. The van der Waals surface area contributed by atoms with Crippen LogP contribution in [0.15, 0.2) is 47.5 Å². The fourth-order valence-electron chi connectivity index (χ4n) is 3.78. The van der Waals surface area contributed by atoms with E-state index in [1.165, 1.54) is 6.20 Å². The summed E-state index contributed by atoms with van der Waals surface area (Å²) in [6.45, 7) is 1.13. The maximum absolute atomic E-state index is 13.2. The number of nitrogens with one attached hydrogen (secondary N) is 2. The van der Waals surface area contributed by atoms with E-state index in [-0.39, 0.29) is 16.2 Å². The Balaban J connectivity index is 1.35. The highest BCUT2D eigenvalue weighted by atomic mass is 32.2. The summed E-state index contributed by atoms with van der Waals surface area (Å²) in [6, 6.07) is 9.75. The summed E-state index contributed by atoms with van der Waals surface area (Å²) in [5.74, 6) is 0.335. The summed E-state index contributed by atoms with van der Waals surface area (Å²) in [6.07, 6.45) is 3.20. The summed E-state index contributed by atoms with van der Waals surface area (Å²) in [5, 5.41) is 16.2. The highest BCUT2D eigenvalue weighted by Gasteiger charge is 2.37. The topological polar surface area (TPSA) is 149 Å². The third-order valence-electron chi connectivity index (χ3n) is 5.83. The van der Waals surface area contributed by atoms with E-state index < -0.39 is 21.8 Å². The Morgan fingerprint density at radius 3 is 2.47 bits per heavy atom. The van der Waals surface area contributed by atoms with Crippen molar-refractivity contribution in [1.29, 1.82) is 0 Å². The molecule has 0 radical (unpaired) electrons. The van der Waals surface area contributed by atoms with E-state index in [2.05, 4.69) is 30.9 Å². The number of ether oxygens (including phenoxy) is 2. The fraction of sp³-hybridized carbons (Fsp3) is 0.409. The van der Waals surface area contributed by atoms with Gasteiger partial charge in [-0.2, -0.15) is 5.21 Å². The van der Waals surface area contributed by atoms with Gasteiger partial charge in [-0.15, -0.1) is 10.2 Å². The number of hydrogen-bond acceptors (Lipinski definition) is 9. The lowest BCUT2D eigenvalue weighted by Crippen LogP contribution is -2.31. The summed E-state index contributed by atoms with van der Waals surface area (Å²) in [5.41, 5.74) is 1.22. The Kier molecular flexibility index (Phi) is 6.35. The lowest BCUT2D eigenvalue weighted by Gasteiger charge is -2.27. The number of carbonyl (C=O) groups is 1. The van der Waals surface area contributed by atoms with Crippen LogP contribution in [0.25, 0.3) is 11.4 Å². The lowest BCUT2D eigenvalue weighted by atomic mass is 10.1. The number of tetrazole rings is 1. The molecule has 3 heterocycles. The highest BCUT2D eigenvalue weighted by molar-refractivity contribution is 7.92. The van der Waals surface area contributed by atoms with E-state index in [0.29, 0.717) is 61.7 Å². The molecule has 12 heteroatoms. The molecule has 1 aliphatic carbocycles. The molecule has 2 fully saturated rings. The quantitative estimate of drug-likeness (QED) is 0.490. The van der Waals surface area contributed by atoms with Crippen LogP contribution >= 0.6 is 0 Å². The molecule has 1 unspecified atom stereocenters. The molecule has 2 aliphatic rings. The van der Waals surface area contributed by atoms with Crippen LogP contribution in [0.2, 0.25) is 0 Å². The molecule has 1 aromatic carbocycles. The maximum Gasteiger partial charge on any atom is 0.259 e. The Morgan fingerprint density at radius 1 is 1.09 bits per heavy atom. The molecule has 0 bridgehead atoms. The number of sulfone groups is 1. The maximum atomic E-state index is 13.2. The van der Waals surface area contributed by atoms with Crippen LogP contribution in [0.3, 0.4) is 0 Å². The second-order valence-electron chi connectivity index (χ2n) is 8.30. The van der Waals surface area contributed by atoms with Crippen molar-refractivity contribution in [3.63, 3.8) is 0 Å². The van der Waals surface area contributed by atoms with Gasteiger partial charge in [0.15, 0.2) is 15.9 Å². The van der Waals surface area contributed by atoms with Crippen LogP contribution in [0.1, 0.15) is 37.4 Å². The van der Waals surface area contributed by atoms with Crippen molar-refractivity contribution in [2.45, 2.75) is 48.0 Å². The molecule has 1 aliphatic heterocycles. The average molecular weight is 485 g/mol. The first kappa shape index (κ1) is 22.6. The first-order valence-corrected chi connectivity index (χ1v) is 12.6. The van der Waals surface area contributed by atoms with E-state index in [1.807, 2.05) is 0 Å². The van der Waals surface area contributed by atoms with Gasteiger partial charge in [0.2, 0.25) is 5.82 Å². The number of benzene rings is 1. The Labute approximate surface area is 196 Å². The number of anilines is 1. The molecule has 34 heavy (non-hydrogen) atoms. The normalized spacial score (nSPS) is 17.9. The first-order chi connectivity index (χ1) is 16.5. The molecule has 0 spiro atoms. The summed E-state index contributed by atoms with van der Waals surface area (Å²) < 4.78 is 36.6. The van der Waals surface area contributed by atoms with Gasteiger partial charge in [0, 0.05) is 25.0 Å². The Hall–Kier alpha value is -3.22. The van der Waals surface area contributed by atoms with Gasteiger partial charge >= 0.3 is 0 Å². The number of H-pyrrole nitrogens is 1. The number of aromatic amines is 1. The van der Waals surface area contributed by atoms with Gasteiger partial charge in [-0.3, -0.25) is 4.79 Å². The van der Waals surface area contributed by atoms with Gasteiger partial charge < -0.3 is 14.8 Å². The Bertz CT molecular complexity index is 1220. The van der Waals surface area contributed by atoms with Gasteiger partial charge in [0.25, 0.3) is 5.91 Å². The summed E-state index contributed by atoms with van der Waals surface area (Å²) in [7, 11) is -3.31. The summed E-state index contributed by atoms with van der Waals surface area (Å²) >= 11 is 0. The molecule has 178 valence electrons. The summed E-state index contributed by atoms with van der Waals surface area (Å²) in [4.78, 5) is 17.8. The van der Waals surface area contributed by atoms with Crippen LogP contribution in [0.5, 0.6) is 0 Å². The van der Waals surface area contributed by atoms with Gasteiger partial charge in [0.1, 0.15) is 5.82 Å². The van der Waals surface area contributed by atoms with Gasteiger partial charge in [-0.1, -0.05) is 12.1 Å². The van der Waals surface area contributed by atoms with Crippen molar-refractivity contribution in [2.75, 3.05) is 18.5 Å². The predicted octanol–water partition coefficient (Wildman–Crippen LogP) is 2.07. The molecule has 1 atom stereocenters. The number of hydrogen-bond donors (Lipinski definition) is 2. The molecular formula is C22H24N6O5S. The van der Waals surface area contributed by atoms with E-state index in [1.54, 1.807) is 36.4 Å². The predicted molar refractivity (Wildman–Crippen MR) is 120 cm³/mol. The van der Waals surface area contributed by atoms with Gasteiger partial charge in [-0.05, 0) is 60.7 Å². The van der Waals surface area contributed by atoms with E-state index >= 15 is 0 Å².